The van der Waals surface area contributed by atoms with Crippen LogP contribution in [-0.2, 0) is 0 Å². The molecule has 2 rings (SSSR count). The molecule has 2 unspecified atom stereocenters. The summed E-state index contributed by atoms with van der Waals surface area (Å²) in [6.45, 7) is 5.22. The second-order valence-electron chi connectivity index (χ2n) is 4.77. The van der Waals surface area contributed by atoms with E-state index in [2.05, 4.69) is 46.8 Å². The summed E-state index contributed by atoms with van der Waals surface area (Å²) in [6.07, 6.45) is -0.831. The lowest BCUT2D eigenvalue weighted by Gasteiger charge is -2.45. The van der Waals surface area contributed by atoms with E-state index in [1.807, 2.05) is 12.1 Å². The highest BCUT2D eigenvalue weighted by atomic mass is 79.9. The van der Waals surface area contributed by atoms with E-state index in [4.69, 9.17) is 5.11 Å². The molecular weight excluding hydrogens is 296 g/mol. The van der Waals surface area contributed by atoms with Crippen molar-refractivity contribution in [3.8, 4) is 0 Å². The van der Waals surface area contributed by atoms with Crippen LogP contribution in [0.25, 0.3) is 0 Å². The van der Waals surface area contributed by atoms with Crippen LogP contribution in [0.3, 0.4) is 0 Å². The van der Waals surface area contributed by atoms with Crippen LogP contribution >= 0.6 is 15.9 Å². The Kier molecular flexibility index (Phi) is 3.80. The minimum absolute atomic E-state index is 0.180. The van der Waals surface area contributed by atoms with Gasteiger partial charge >= 0.3 is 6.09 Å². The molecule has 1 aromatic rings. The maximum absolute atomic E-state index is 11.0. The summed E-state index contributed by atoms with van der Waals surface area (Å²) < 4.78 is 1.04. The Morgan fingerprint density at radius 2 is 1.94 bits per heavy atom. The standard InChI is InChI=1S/C13H17BrN2O2/c1-9-7-15(13(17)18)8-10(2)16(9)12-5-3-4-11(14)6-12/h3-6,9-10H,7-8H2,1-2H3,(H,17,18). The number of carboxylic acid groups (broad SMARTS) is 1. The summed E-state index contributed by atoms with van der Waals surface area (Å²) in [5.74, 6) is 0. The molecule has 18 heavy (non-hydrogen) atoms. The lowest BCUT2D eigenvalue weighted by molar-refractivity contribution is 0.128. The van der Waals surface area contributed by atoms with E-state index >= 15 is 0 Å². The van der Waals surface area contributed by atoms with Gasteiger partial charge in [-0.15, -0.1) is 0 Å². The molecular formula is C13H17BrN2O2. The second kappa shape index (κ2) is 5.18. The number of rotatable bonds is 1. The summed E-state index contributed by atoms with van der Waals surface area (Å²) in [5.41, 5.74) is 1.13. The van der Waals surface area contributed by atoms with Crippen molar-refractivity contribution in [2.75, 3.05) is 18.0 Å². The monoisotopic (exact) mass is 312 g/mol. The van der Waals surface area contributed by atoms with Crippen molar-refractivity contribution in [1.82, 2.24) is 4.90 Å². The first-order valence-corrected chi connectivity index (χ1v) is 6.80. The van der Waals surface area contributed by atoms with Crippen LogP contribution in [0.2, 0.25) is 0 Å². The van der Waals surface area contributed by atoms with Crippen LogP contribution in [0.1, 0.15) is 13.8 Å². The van der Waals surface area contributed by atoms with E-state index in [0.29, 0.717) is 13.1 Å². The summed E-state index contributed by atoms with van der Waals surface area (Å²) in [6, 6.07) is 8.49. The van der Waals surface area contributed by atoms with Crippen LogP contribution in [0.5, 0.6) is 0 Å². The fourth-order valence-electron chi connectivity index (χ4n) is 2.62. The molecule has 1 amide bonds. The molecule has 0 spiro atoms. The smallest absolute Gasteiger partial charge is 0.407 e. The van der Waals surface area contributed by atoms with Gasteiger partial charge in [0.25, 0.3) is 0 Å². The highest BCUT2D eigenvalue weighted by Gasteiger charge is 2.31. The van der Waals surface area contributed by atoms with Gasteiger partial charge in [-0.1, -0.05) is 22.0 Å². The molecule has 1 heterocycles. The molecule has 1 aliphatic rings. The number of piperazine rings is 1. The van der Waals surface area contributed by atoms with Crippen molar-refractivity contribution in [1.29, 1.82) is 0 Å². The van der Waals surface area contributed by atoms with Gasteiger partial charge in [0.15, 0.2) is 0 Å². The number of hydrogen-bond donors (Lipinski definition) is 1. The van der Waals surface area contributed by atoms with E-state index in [1.165, 1.54) is 4.90 Å². The molecule has 5 heteroatoms. The average Bonchev–Trinajstić information content (AvgIpc) is 2.27. The van der Waals surface area contributed by atoms with Gasteiger partial charge in [0.2, 0.25) is 0 Å². The molecule has 1 aromatic carbocycles. The Hall–Kier alpha value is -1.23. The Balaban J connectivity index is 2.22. The topological polar surface area (TPSA) is 43.8 Å². The minimum Gasteiger partial charge on any atom is -0.465 e. The number of hydrogen-bond acceptors (Lipinski definition) is 2. The highest BCUT2D eigenvalue weighted by molar-refractivity contribution is 9.10. The molecule has 0 aromatic heterocycles. The largest absolute Gasteiger partial charge is 0.465 e. The first-order chi connectivity index (χ1) is 8.49. The van der Waals surface area contributed by atoms with Crippen molar-refractivity contribution in [3.63, 3.8) is 0 Å². The quantitative estimate of drug-likeness (QED) is 0.867. The van der Waals surface area contributed by atoms with E-state index in [-0.39, 0.29) is 12.1 Å². The molecule has 0 aliphatic carbocycles. The van der Waals surface area contributed by atoms with Crippen LogP contribution in [-0.4, -0.2) is 41.3 Å². The van der Waals surface area contributed by atoms with Gasteiger partial charge in [-0.05, 0) is 32.0 Å². The predicted octanol–water partition coefficient (Wildman–Crippen LogP) is 3.03. The molecule has 0 radical (unpaired) electrons. The number of nitrogens with zero attached hydrogens (tertiary/aromatic N) is 2. The normalized spacial score (nSPS) is 24.2. The predicted molar refractivity (Wildman–Crippen MR) is 75.1 cm³/mol. The first kappa shape index (κ1) is 13.2. The maximum Gasteiger partial charge on any atom is 0.407 e. The molecule has 0 bridgehead atoms. The van der Waals surface area contributed by atoms with Crippen molar-refractivity contribution >= 4 is 27.7 Å². The third-order valence-electron chi connectivity index (χ3n) is 3.30. The zero-order valence-corrected chi connectivity index (χ0v) is 12.1. The lowest BCUT2D eigenvalue weighted by atomic mass is 10.1. The molecule has 1 N–H and O–H groups in total. The van der Waals surface area contributed by atoms with Gasteiger partial charge in [-0.25, -0.2) is 4.79 Å². The number of anilines is 1. The molecule has 1 fully saturated rings. The molecule has 4 nitrogen and oxygen atoms in total. The Labute approximate surface area is 115 Å². The molecule has 0 saturated carbocycles. The van der Waals surface area contributed by atoms with Gasteiger partial charge in [0.1, 0.15) is 0 Å². The molecule has 2 atom stereocenters. The van der Waals surface area contributed by atoms with E-state index in [0.717, 1.165) is 10.2 Å². The van der Waals surface area contributed by atoms with Gasteiger partial charge in [0, 0.05) is 35.3 Å². The first-order valence-electron chi connectivity index (χ1n) is 6.01. The molecule has 1 saturated heterocycles. The highest BCUT2D eigenvalue weighted by Crippen LogP contribution is 2.27. The van der Waals surface area contributed by atoms with E-state index in [1.54, 1.807) is 0 Å². The molecule has 98 valence electrons. The minimum atomic E-state index is -0.831. The van der Waals surface area contributed by atoms with Crippen LogP contribution in [0.15, 0.2) is 28.7 Å². The zero-order valence-electron chi connectivity index (χ0n) is 10.5. The number of carbonyl (C=O) groups is 1. The van der Waals surface area contributed by atoms with E-state index < -0.39 is 6.09 Å². The van der Waals surface area contributed by atoms with Gasteiger partial charge < -0.3 is 14.9 Å². The van der Waals surface area contributed by atoms with Crippen LogP contribution < -0.4 is 4.90 Å². The number of amides is 1. The summed E-state index contributed by atoms with van der Waals surface area (Å²) >= 11 is 3.47. The second-order valence-corrected chi connectivity index (χ2v) is 5.69. The van der Waals surface area contributed by atoms with Crippen LogP contribution in [0, 0.1) is 0 Å². The zero-order chi connectivity index (χ0) is 13.3. The van der Waals surface area contributed by atoms with Crippen molar-refractivity contribution in [3.05, 3.63) is 28.7 Å². The Morgan fingerprint density at radius 1 is 1.33 bits per heavy atom. The van der Waals surface area contributed by atoms with E-state index in [9.17, 15) is 4.79 Å². The molecule has 1 aliphatic heterocycles. The van der Waals surface area contributed by atoms with Crippen molar-refractivity contribution in [2.24, 2.45) is 0 Å². The third kappa shape index (κ3) is 2.61. The Morgan fingerprint density at radius 3 is 2.44 bits per heavy atom. The Bertz CT molecular complexity index is 440. The average molecular weight is 313 g/mol. The van der Waals surface area contributed by atoms with Crippen molar-refractivity contribution < 1.29 is 9.90 Å². The number of halogens is 1. The summed E-state index contributed by atoms with van der Waals surface area (Å²) in [5, 5.41) is 9.07. The number of benzene rings is 1. The van der Waals surface area contributed by atoms with Gasteiger partial charge in [-0.2, -0.15) is 0 Å². The van der Waals surface area contributed by atoms with Gasteiger partial charge in [0.05, 0.1) is 0 Å². The lowest BCUT2D eigenvalue weighted by Crippen LogP contribution is -2.58. The fourth-order valence-corrected chi connectivity index (χ4v) is 3.01. The summed E-state index contributed by atoms with van der Waals surface area (Å²) in [7, 11) is 0. The fraction of sp³-hybridized carbons (Fsp3) is 0.462. The van der Waals surface area contributed by atoms with Crippen LogP contribution in [0.4, 0.5) is 10.5 Å². The van der Waals surface area contributed by atoms with Crippen molar-refractivity contribution in [2.45, 2.75) is 25.9 Å². The van der Waals surface area contributed by atoms with Gasteiger partial charge in [-0.3, -0.25) is 0 Å². The maximum atomic E-state index is 11.0. The third-order valence-corrected chi connectivity index (χ3v) is 3.79. The summed E-state index contributed by atoms with van der Waals surface area (Å²) in [4.78, 5) is 14.8. The SMILES string of the molecule is CC1CN(C(=O)O)CC(C)N1c1cccc(Br)c1.